The van der Waals surface area contributed by atoms with E-state index in [1.54, 1.807) is 0 Å². The monoisotopic (exact) mass is 527 g/mol. The molecule has 4 N–H and O–H groups in total. The molecule has 9 nitrogen and oxygen atoms in total. The van der Waals surface area contributed by atoms with E-state index in [1.807, 2.05) is 41.3 Å². The van der Waals surface area contributed by atoms with Gasteiger partial charge in [-0.1, -0.05) is 60.7 Å². The summed E-state index contributed by atoms with van der Waals surface area (Å²) < 4.78 is 0. The minimum absolute atomic E-state index is 0.0721. The number of rotatable bonds is 10. The molecule has 0 saturated carbocycles. The number of carbonyl (C=O) groups excluding carboxylic acids is 2. The topological polar surface area (TPSA) is 111 Å². The molecule has 9 heteroatoms. The third-order valence-electron chi connectivity index (χ3n) is 7.34. The number of aromatic nitrogens is 2. The molecule has 2 aromatic carbocycles. The minimum atomic E-state index is -0.362. The summed E-state index contributed by atoms with van der Waals surface area (Å²) in [5.41, 5.74) is 3.16. The van der Waals surface area contributed by atoms with Crippen molar-refractivity contribution in [3.05, 3.63) is 71.8 Å². The molecule has 0 aliphatic carbocycles. The number of hydrogen-bond acceptors (Lipinski definition) is 7. The first-order valence-corrected chi connectivity index (χ1v) is 13.8. The van der Waals surface area contributed by atoms with Crippen LogP contribution in [-0.2, 0) is 22.4 Å². The second kappa shape index (κ2) is 12.7. The minimum Gasteiger partial charge on any atom is -0.368 e. The van der Waals surface area contributed by atoms with Crippen LogP contribution in [0.25, 0.3) is 11.4 Å². The Hall–Kier alpha value is -3.98. The third kappa shape index (κ3) is 6.92. The van der Waals surface area contributed by atoms with E-state index in [1.165, 1.54) is 12.5 Å². The summed E-state index contributed by atoms with van der Waals surface area (Å²) in [6.45, 7) is 4.96. The molecule has 1 saturated heterocycles. The molecule has 5 rings (SSSR count). The van der Waals surface area contributed by atoms with Crippen LogP contribution in [0.5, 0.6) is 0 Å². The lowest BCUT2D eigenvalue weighted by molar-refractivity contribution is -0.133. The maximum Gasteiger partial charge on any atom is 0.245 e. The Morgan fingerprint density at radius 3 is 2.38 bits per heavy atom. The number of anilines is 2. The summed E-state index contributed by atoms with van der Waals surface area (Å²) in [5, 5.41) is 13.2. The van der Waals surface area contributed by atoms with Gasteiger partial charge in [0.2, 0.25) is 11.8 Å². The van der Waals surface area contributed by atoms with E-state index in [0.29, 0.717) is 43.0 Å². The fraction of sp³-hybridized carbons (Fsp3) is 0.400. The number of nitrogens with one attached hydrogen (secondary N) is 4. The first-order valence-electron chi connectivity index (χ1n) is 13.8. The number of amides is 2. The summed E-state index contributed by atoms with van der Waals surface area (Å²) in [5.74, 6) is 2.03. The third-order valence-corrected chi connectivity index (χ3v) is 7.34. The smallest absolute Gasteiger partial charge is 0.245 e. The van der Waals surface area contributed by atoms with Crippen LogP contribution >= 0.6 is 0 Å². The maximum atomic E-state index is 13.5. The summed E-state index contributed by atoms with van der Waals surface area (Å²) >= 11 is 0. The van der Waals surface area contributed by atoms with Crippen LogP contribution in [0.15, 0.2) is 60.7 Å². The number of hydrogen-bond donors (Lipinski definition) is 4. The summed E-state index contributed by atoms with van der Waals surface area (Å²) in [4.78, 5) is 36.3. The molecule has 2 aliphatic rings. The standard InChI is InChI=1S/C30H37N7O2/c1-21(38)31-16-17-33-28-25-20-26(34-29(25)36-27(35-28)23-10-6-3-7-11-23)30(39)37-18-13-24(14-19-37)32-15-12-22-8-4-2-5-9-22/h2-11,24,26,32H,12-20H2,1H3,(H,31,38)(H2,33,34,35,36). The zero-order valence-corrected chi connectivity index (χ0v) is 22.5. The van der Waals surface area contributed by atoms with E-state index in [0.717, 1.165) is 50.0 Å². The molecule has 2 amide bonds. The highest BCUT2D eigenvalue weighted by Crippen LogP contribution is 2.33. The molecular formula is C30H37N7O2. The van der Waals surface area contributed by atoms with Crippen molar-refractivity contribution in [1.29, 1.82) is 0 Å². The predicted octanol–water partition coefficient (Wildman–Crippen LogP) is 2.85. The lowest BCUT2D eigenvalue weighted by Gasteiger charge is -2.34. The summed E-state index contributed by atoms with van der Waals surface area (Å²) in [7, 11) is 0. The predicted molar refractivity (Wildman–Crippen MR) is 154 cm³/mol. The number of benzene rings is 2. The van der Waals surface area contributed by atoms with Crippen molar-refractivity contribution >= 4 is 23.5 Å². The molecule has 204 valence electrons. The molecule has 1 fully saturated rings. The lowest BCUT2D eigenvalue weighted by atomic mass is 10.0. The Labute approximate surface area is 229 Å². The summed E-state index contributed by atoms with van der Waals surface area (Å²) in [6, 6.07) is 20.4. The normalized spacial score (nSPS) is 16.8. The van der Waals surface area contributed by atoms with Crippen molar-refractivity contribution in [3.8, 4) is 11.4 Å². The number of fused-ring (bicyclic) bond motifs is 1. The van der Waals surface area contributed by atoms with E-state index in [9.17, 15) is 9.59 Å². The highest BCUT2D eigenvalue weighted by atomic mass is 16.2. The van der Waals surface area contributed by atoms with E-state index in [2.05, 4.69) is 45.5 Å². The van der Waals surface area contributed by atoms with Gasteiger partial charge >= 0.3 is 0 Å². The number of carbonyl (C=O) groups is 2. The molecule has 1 aromatic heterocycles. The van der Waals surface area contributed by atoms with Gasteiger partial charge < -0.3 is 26.2 Å². The molecule has 3 heterocycles. The Bertz CT molecular complexity index is 1260. The second-order valence-electron chi connectivity index (χ2n) is 10.2. The second-order valence-corrected chi connectivity index (χ2v) is 10.2. The zero-order chi connectivity index (χ0) is 27.0. The largest absolute Gasteiger partial charge is 0.368 e. The molecule has 0 radical (unpaired) electrons. The average Bonchev–Trinajstić information content (AvgIpc) is 3.41. The first kappa shape index (κ1) is 26.6. The lowest BCUT2D eigenvalue weighted by Crippen LogP contribution is -2.49. The molecule has 3 aromatic rings. The van der Waals surface area contributed by atoms with Crippen molar-refractivity contribution in [1.82, 2.24) is 25.5 Å². The number of piperidine rings is 1. The van der Waals surface area contributed by atoms with Gasteiger partial charge in [0.25, 0.3) is 0 Å². The van der Waals surface area contributed by atoms with Crippen molar-refractivity contribution in [2.24, 2.45) is 0 Å². The Morgan fingerprint density at radius 1 is 0.949 bits per heavy atom. The van der Waals surface area contributed by atoms with Crippen molar-refractivity contribution < 1.29 is 9.59 Å². The zero-order valence-electron chi connectivity index (χ0n) is 22.5. The van der Waals surface area contributed by atoms with Crippen molar-refractivity contribution in [2.75, 3.05) is 43.4 Å². The first-order chi connectivity index (χ1) is 19.1. The van der Waals surface area contributed by atoms with E-state index in [4.69, 9.17) is 9.97 Å². The fourth-order valence-corrected chi connectivity index (χ4v) is 5.24. The molecule has 1 unspecified atom stereocenters. The molecule has 39 heavy (non-hydrogen) atoms. The van der Waals surface area contributed by atoms with Crippen LogP contribution in [0.2, 0.25) is 0 Å². The van der Waals surface area contributed by atoms with Gasteiger partial charge in [-0.2, -0.15) is 0 Å². The fourth-order valence-electron chi connectivity index (χ4n) is 5.24. The Balaban J connectivity index is 1.19. The van der Waals surface area contributed by atoms with Crippen LogP contribution in [0.1, 0.15) is 30.9 Å². The average molecular weight is 528 g/mol. The van der Waals surface area contributed by atoms with E-state index < -0.39 is 0 Å². The van der Waals surface area contributed by atoms with Gasteiger partial charge in [-0.05, 0) is 31.4 Å². The van der Waals surface area contributed by atoms with Crippen LogP contribution in [-0.4, -0.2) is 71.5 Å². The SMILES string of the molecule is CC(=O)NCCNc1nc(-c2ccccc2)nc2c1CC(C(=O)N1CCC(NCCc3ccccc3)CC1)N2. The van der Waals surface area contributed by atoms with Gasteiger partial charge in [-0.15, -0.1) is 0 Å². The maximum absolute atomic E-state index is 13.5. The van der Waals surface area contributed by atoms with Gasteiger partial charge in [0.1, 0.15) is 17.7 Å². The van der Waals surface area contributed by atoms with Crippen molar-refractivity contribution in [2.45, 2.75) is 44.7 Å². The van der Waals surface area contributed by atoms with Gasteiger partial charge in [-0.3, -0.25) is 9.59 Å². The van der Waals surface area contributed by atoms with Gasteiger partial charge in [-0.25, -0.2) is 9.97 Å². The van der Waals surface area contributed by atoms with Crippen LogP contribution < -0.4 is 21.3 Å². The molecular weight excluding hydrogens is 490 g/mol. The van der Waals surface area contributed by atoms with E-state index in [-0.39, 0.29) is 17.9 Å². The molecule has 1 atom stereocenters. The van der Waals surface area contributed by atoms with Crippen LogP contribution in [0.4, 0.5) is 11.6 Å². The number of likely N-dealkylation sites (tertiary alicyclic amines) is 1. The Kier molecular flexibility index (Phi) is 8.68. The quantitative estimate of drug-likeness (QED) is 0.300. The van der Waals surface area contributed by atoms with Gasteiger partial charge in [0.15, 0.2) is 5.82 Å². The van der Waals surface area contributed by atoms with Gasteiger partial charge in [0, 0.05) is 56.7 Å². The van der Waals surface area contributed by atoms with Crippen LogP contribution in [0.3, 0.4) is 0 Å². The molecule has 2 aliphatic heterocycles. The molecule has 0 bridgehead atoms. The molecule has 0 spiro atoms. The van der Waals surface area contributed by atoms with Crippen molar-refractivity contribution in [3.63, 3.8) is 0 Å². The highest BCUT2D eigenvalue weighted by molar-refractivity contribution is 5.88. The number of nitrogens with zero attached hydrogens (tertiary/aromatic N) is 3. The highest BCUT2D eigenvalue weighted by Gasteiger charge is 2.35. The van der Waals surface area contributed by atoms with Gasteiger partial charge in [0.05, 0.1) is 0 Å². The summed E-state index contributed by atoms with van der Waals surface area (Å²) in [6.07, 6.45) is 3.45. The van der Waals surface area contributed by atoms with Crippen LogP contribution in [0, 0.1) is 0 Å². The van der Waals surface area contributed by atoms with E-state index >= 15 is 0 Å². The Morgan fingerprint density at radius 2 is 1.67 bits per heavy atom.